The molecule has 0 aromatic heterocycles. The van der Waals surface area contributed by atoms with Gasteiger partial charge in [0.25, 0.3) is 5.91 Å². The van der Waals surface area contributed by atoms with Gasteiger partial charge in [0.2, 0.25) is 0 Å². The van der Waals surface area contributed by atoms with E-state index in [9.17, 15) is 9.90 Å². The highest BCUT2D eigenvalue weighted by atomic mass is 35.5. The minimum atomic E-state index is 0.0182. The SMILES string of the molecule is O=C(NC1CC1)c1ccc(CN(Cc2cc(O)ccc2Cl)C2CC2)cc1. The van der Waals surface area contributed by atoms with Crippen LogP contribution in [-0.2, 0) is 13.1 Å². The average molecular weight is 371 g/mol. The summed E-state index contributed by atoms with van der Waals surface area (Å²) in [5.74, 6) is 0.260. The Kier molecular flexibility index (Phi) is 4.88. The Balaban J connectivity index is 1.43. The highest BCUT2D eigenvalue weighted by Gasteiger charge is 2.29. The maximum Gasteiger partial charge on any atom is 0.251 e. The summed E-state index contributed by atoms with van der Waals surface area (Å²) in [5, 5.41) is 13.4. The van der Waals surface area contributed by atoms with E-state index in [1.54, 1.807) is 18.2 Å². The molecular weight excluding hydrogens is 348 g/mol. The van der Waals surface area contributed by atoms with Crippen LogP contribution in [0.5, 0.6) is 5.75 Å². The summed E-state index contributed by atoms with van der Waals surface area (Å²) >= 11 is 6.29. The maximum atomic E-state index is 12.1. The number of nitrogens with zero attached hydrogens (tertiary/aromatic N) is 1. The highest BCUT2D eigenvalue weighted by Crippen LogP contribution is 2.32. The zero-order valence-electron chi connectivity index (χ0n) is 14.6. The third-order valence-electron chi connectivity index (χ3n) is 4.98. The van der Waals surface area contributed by atoms with Gasteiger partial charge in [-0.3, -0.25) is 9.69 Å². The number of phenolic OH excluding ortho intramolecular Hbond substituents is 1. The van der Waals surface area contributed by atoms with Crippen LogP contribution in [-0.4, -0.2) is 28.0 Å². The molecular formula is C21H23ClN2O2. The van der Waals surface area contributed by atoms with E-state index in [0.29, 0.717) is 23.7 Å². The standard InChI is InChI=1S/C21H23ClN2O2/c22-20-10-9-19(25)11-16(20)13-24(18-7-8-18)12-14-1-3-15(4-2-14)21(26)23-17-5-6-17/h1-4,9-11,17-18,25H,5-8,12-13H2,(H,23,26). The van der Waals surface area contributed by atoms with Crippen molar-refractivity contribution >= 4 is 17.5 Å². The van der Waals surface area contributed by atoms with E-state index < -0.39 is 0 Å². The van der Waals surface area contributed by atoms with Gasteiger partial charge in [0.15, 0.2) is 0 Å². The van der Waals surface area contributed by atoms with Gasteiger partial charge in [-0.15, -0.1) is 0 Å². The second-order valence-electron chi connectivity index (χ2n) is 7.36. The van der Waals surface area contributed by atoms with Gasteiger partial charge in [0, 0.05) is 35.8 Å². The normalized spacial score (nSPS) is 16.7. The van der Waals surface area contributed by atoms with E-state index in [2.05, 4.69) is 10.2 Å². The molecule has 2 N–H and O–H groups in total. The fraction of sp³-hybridized carbons (Fsp3) is 0.381. The molecule has 2 aliphatic carbocycles. The molecule has 0 atom stereocenters. The minimum Gasteiger partial charge on any atom is -0.508 e. The van der Waals surface area contributed by atoms with Crippen LogP contribution in [0.15, 0.2) is 42.5 Å². The summed E-state index contributed by atoms with van der Waals surface area (Å²) in [7, 11) is 0. The number of halogens is 1. The molecule has 26 heavy (non-hydrogen) atoms. The molecule has 2 aromatic rings. The molecule has 0 aliphatic heterocycles. The molecule has 0 bridgehead atoms. The molecule has 0 saturated heterocycles. The van der Waals surface area contributed by atoms with Crippen LogP contribution in [0.25, 0.3) is 0 Å². The molecule has 1 amide bonds. The third-order valence-corrected chi connectivity index (χ3v) is 5.35. The Morgan fingerprint density at radius 3 is 2.46 bits per heavy atom. The first-order valence-corrected chi connectivity index (χ1v) is 9.57. The van der Waals surface area contributed by atoms with Gasteiger partial charge in [0.05, 0.1) is 0 Å². The number of phenols is 1. The summed E-state index contributed by atoms with van der Waals surface area (Å²) < 4.78 is 0. The summed E-state index contributed by atoms with van der Waals surface area (Å²) in [6.07, 6.45) is 4.58. The zero-order chi connectivity index (χ0) is 18.1. The lowest BCUT2D eigenvalue weighted by Crippen LogP contribution is -2.26. The number of nitrogens with one attached hydrogen (secondary N) is 1. The monoisotopic (exact) mass is 370 g/mol. The highest BCUT2D eigenvalue weighted by molar-refractivity contribution is 6.31. The Morgan fingerprint density at radius 2 is 1.81 bits per heavy atom. The molecule has 0 spiro atoms. The van der Waals surface area contributed by atoms with Gasteiger partial charge in [-0.2, -0.15) is 0 Å². The molecule has 4 nitrogen and oxygen atoms in total. The molecule has 2 aliphatic rings. The van der Waals surface area contributed by atoms with Crippen LogP contribution in [0, 0.1) is 0 Å². The number of rotatable bonds is 7. The summed E-state index contributed by atoms with van der Waals surface area (Å²) in [5.41, 5.74) is 2.84. The molecule has 2 saturated carbocycles. The zero-order valence-corrected chi connectivity index (χ0v) is 15.4. The first-order valence-electron chi connectivity index (χ1n) is 9.20. The van der Waals surface area contributed by atoms with E-state index in [1.165, 1.54) is 18.4 Å². The van der Waals surface area contributed by atoms with Crippen molar-refractivity contribution in [3.63, 3.8) is 0 Å². The number of benzene rings is 2. The van der Waals surface area contributed by atoms with Crippen LogP contribution < -0.4 is 5.32 Å². The second kappa shape index (κ2) is 7.29. The second-order valence-corrected chi connectivity index (χ2v) is 7.76. The van der Waals surface area contributed by atoms with Gasteiger partial charge in [0.1, 0.15) is 5.75 Å². The van der Waals surface area contributed by atoms with Crippen LogP contribution in [0.2, 0.25) is 5.02 Å². The van der Waals surface area contributed by atoms with Crippen LogP contribution >= 0.6 is 11.6 Å². The number of carbonyl (C=O) groups excluding carboxylic acids is 1. The quantitative estimate of drug-likeness (QED) is 0.771. The number of amides is 1. The molecule has 4 rings (SSSR count). The predicted octanol–water partition coefficient (Wildman–Crippen LogP) is 4.10. The minimum absolute atomic E-state index is 0.0182. The third kappa shape index (κ3) is 4.37. The lowest BCUT2D eigenvalue weighted by Gasteiger charge is -2.23. The lowest BCUT2D eigenvalue weighted by atomic mass is 10.1. The Hall–Kier alpha value is -2.04. The molecule has 2 fully saturated rings. The first-order chi connectivity index (χ1) is 12.6. The fourth-order valence-corrected chi connectivity index (χ4v) is 3.32. The van der Waals surface area contributed by atoms with Crippen molar-refractivity contribution < 1.29 is 9.90 Å². The fourth-order valence-electron chi connectivity index (χ4n) is 3.15. The van der Waals surface area contributed by atoms with Crippen molar-refractivity contribution in [2.75, 3.05) is 0 Å². The van der Waals surface area contributed by atoms with Crippen molar-refractivity contribution in [1.82, 2.24) is 10.2 Å². The van der Waals surface area contributed by atoms with Crippen LogP contribution in [0.3, 0.4) is 0 Å². The van der Waals surface area contributed by atoms with E-state index in [0.717, 1.165) is 30.5 Å². The number of hydrogen-bond acceptors (Lipinski definition) is 3. The number of carbonyl (C=O) groups is 1. The van der Waals surface area contributed by atoms with Crippen LogP contribution in [0.1, 0.15) is 47.2 Å². The van der Waals surface area contributed by atoms with E-state index in [1.807, 2.05) is 24.3 Å². The summed E-state index contributed by atoms with van der Waals surface area (Å²) in [6.45, 7) is 1.52. The van der Waals surface area contributed by atoms with Crippen molar-refractivity contribution in [1.29, 1.82) is 0 Å². The largest absolute Gasteiger partial charge is 0.508 e. The predicted molar refractivity (Wildman–Crippen MR) is 102 cm³/mol. The van der Waals surface area contributed by atoms with E-state index in [-0.39, 0.29) is 11.7 Å². The van der Waals surface area contributed by atoms with Gasteiger partial charge in [-0.1, -0.05) is 23.7 Å². The van der Waals surface area contributed by atoms with E-state index in [4.69, 9.17) is 11.6 Å². The summed E-state index contributed by atoms with van der Waals surface area (Å²) in [4.78, 5) is 14.5. The van der Waals surface area contributed by atoms with Gasteiger partial charge in [-0.05, 0) is 67.1 Å². The molecule has 0 unspecified atom stereocenters. The smallest absolute Gasteiger partial charge is 0.251 e. The van der Waals surface area contributed by atoms with Crippen molar-refractivity contribution in [3.8, 4) is 5.75 Å². The van der Waals surface area contributed by atoms with Crippen molar-refractivity contribution in [2.24, 2.45) is 0 Å². The maximum absolute atomic E-state index is 12.1. The topological polar surface area (TPSA) is 52.6 Å². The van der Waals surface area contributed by atoms with Gasteiger partial charge in [-0.25, -0.2) is 0 Å². The van der Waals surface area contributed by atoms with Crippen LogP contribution in [0.4, 0.5) is 0 Å². The van der Waals surface area contributed by atoms with Crippen molar-refractivity contribution in [3.05, 3.63) is 64.2 Å². The van der Waals surface area contributed by atoms with Gasteiger partial charge < -0.3 is 10.4 Å². The Morgan fingerprint density at radius 1 is 1.08 bits per heavy atom. The summed E-state index contributed by atoms with van der Waals surface area (Å²) in [6, 6.07) is 13.9. The molecule has 0 heterocycles. The molecule has 0 radical (unpaired) electrons. The number of hydrogen-bond donors (Lipinski definition) is 2. The Labute approximate surface area is 158 Å². The van der Waals surface area contributed by atoms with Gasteiger partial charge >= 0.3 is 0 Å². The molecule has 136 valence electrons. The van der Waals surface area contributed by atoms with E-state index >= 15 is 0 Å². The number of aromatic hydroxyl groups is 1. The first kappa shape index (κ1) is 17.4. The van der Waals surface area contributed by atoms with Crippen molar-refractivity contribution in [2.45, 2.75) is 50.9 Å². The molecule has 2 aromatic carbocycles. The lowest BCUT2D eigenvalue weighted by molar-refractivity contribution is 0.0951. The average Bonchev–Trinajstić information content (AvgIpc) is 3.52. The Bertz CT molecular complexity index is 798. The molecule has 5 heteroatoms.